The molecule has 0 spiro atoms. The van der Waals surface area contributed by atoms with Crippen LogP contribution in [0.1, 0.15) is 5.69 Å². The fourth-order valence-corrected chi connectivity index (χ4v) is 4.60. The molecule has 1 N–H and O–H groups in total. The van der Waals surface area contributed by atoms with E-state index in [0.29, 0.717) is 6.54 Å². The first-order valence-electron chi connectivity index (χ1n) is 8.49. The minimum absolute atomic E-state index is 0.0854. The molecule has 140 valence electrons. The lowest BCUT2D eigenvalue weighted by Crippen LogP contribution is -2.25. The fraction of sp³-hybridized carbons (Fsp3) is 0.100. The molecule has 0 aliphatic heterocycles. The zero-order valence-electron chi connectivity index (χ0n) is 14.6. The number of hydrogen-bond donors (Lipinski definition) is 1. The van der Waals surface area contributed by atoms with Crippen molar-refractivity contribution in [2.45, 2.75) is 11.6 Å². The fourth-order valence-electron chi connectivity index (χ4n) is 2.57. The zero-order valence-corrected chi connectivity index (χ0v) is 16.3. The van der Waals surface area contributed by atoms with E-state index in [1.54, 1.807) is 18.3 Å². The van der Waals surface area contributed by atoms with Crippen molar-refractivity contribution in [3.63, 3.8) is 0 Å². The van der Waals surface area contributed by atoms with Crippen molar-refractivity contribution >= 4 is 39.2 Å². The summed E-state index contributed by atoms with van der Waals surface area (Å²) >= 11 is 2.91. The van der Waals surface area contributed by atoms with Crippen LogP contribution >= 0.6 is 23.1 Å². The maximum atomic E-state index is 13.2. The molecule has 4 aromatic rings. The first kappa shape index (κ1) is 18.5. The Labute approximate surface area is 169 Å². The second-order valence-electron chi connectivity index (χ2n) is 5.90. The smallest absolute Gasteiger partial charge is 0.230 e. The molecule has 5 nitrogen and oxygen atoms in total. The van der Waals surface area contributed by atoms with Gasteiger partial charge >= 0.3 is 0 Å². The Balaban J connectivity index is 1.45. The molecule has 1 aromatic carbocycles. The van der Waals surface area contributed by atoms with E-state index >= 15 is 0 Å². The minimum Gasteiger partial charge on any atom is -0.350 e. The topological polar surface area (TPSA) is 67.8 Å². The van der Waals surface area contributed by atoms with E-state index in [4.69, 9.17) is 0 Å². The van der Waals surface area contributed by atoms with Gasteiger partial charge in [0.25, 0.3) is 0 Å². The standard InChI is InChI=1S/C20H15FN4OS2/c21-14-6-4-13(5-7-14)17-9-16-19(28-17)20(25-12-24-16)27-11-18(26)23-10-15-3-1-2-8-22-15/h1-9,12H,10-11H2,(H,23,26). The third kappa shape index (κ3) is 4.35. The van der Waals surface area contributed by atoms with Crippen molar-refractivity contribution in [1.82, 2.24) is 20.3 Å². The number of pyridine rings is 1. The van der Waals surface area contributed by atoms with Crippen molar-refractivity contribution in [3.8, 4) is 10.4 Å². The molecule has 3 aromatic heterocycles. The number of thiophene rings is 1. The van der Waals surface area contributed by atoms with Crippen molar-refractivity contribution in [2.24, 2.45) is 0 Å². The molecule has 0 saturated carbocycles. The van der Waals surface area contributed by atoms with Crippen LogP contribution in [0, 0.1) is 5.82 Å². The highest BCUT2D eigenvalue weighted by atomic mass is 32.2. The van der Waals surface area contributed by atoms with Gasteiger partial charge in [0.2, 0.25) is 5.91 Å². The monoisotopic (exact) mass is 410 g/mol. The van der Waals surface area contributed by atoms with Gasteiger partial charge in [0, 0.05) is 11.1 Å². The highest BCUT2D eigenvalue weighted by Gasteiger charge is 2.12. The van der Waals surface area contributed by atoms with Crippen molar-refractivity contribution in [1.29, 1.82) is 0 Å². The van der Waals surface area contributed by atoms with Crippen LogP contribution in [0.3, 0.4) is 0 Å². The van der Waals surface area contributed by atoms with Crippen LogP contribution in [0.15, 0.2) is 66.1 Å². The number of rotatable bonds is 6. The second kappa shape index (κ2) is 8.45. The predicted octanol–water partition coefficient (Wildman–Crippen LogP) is 4.30. The van der Waals surface area contributed by atoms with E-state index in [1.165, 1.54) is 41.6 Å². The molecule has 0 aliphatic rings. The first-order chi connectivity index (χ1) is 13.7. The van der Waals surface area contributed by atoms with Gasteiger partial charge in [0.1, 0.15) is 17.2 Å². The van der Waals surface area contributed by atoms with Crippen LogP contribution in [-0.2, 0) is 11.3 Å². The first-order valence-corrected chi connectivity index (χ1v) is 10.3. The number of carbonyl (C=O) groups is 1. The molecule has 0 radical (unpaired) electrons. The maximum absolute atomic E-state index is 13.2. The quantitative estimate of drug-likeness (QED) is 0.379. The summed E-state index contributed by atoms with van der Waals surface area (Å²) in [5.74, 6) is -0.0988. The molecule has 4 rings (SSSR count). The summed E-state index contributed by atoms with van der Waals surface area (Å²) in [6.45, 7) is 0.396. The zero-order chi connectivity index (χ0) is 19.3. The number of hydrogen-bond acceptors (Lipinski definition) is 6. The van der Waals surface area contributed by atoms with E-state index in [-0.39, 0.29) is 17.5 Å². The number of benzene rings is 1. The Hall–Kier alpha value is -2.84. The van der Waals surface area contributed by atoms with E-state index in [1.807, 2.05) is 24.3 Å². The van der Waals surface area contributed by atoms with E-state index in [0.717, 1.165) is 31.4 Å². The third-order valence-electron chi connectivity index (χ3n) is 3.94. The molecule has 0 saturated heterocycles. The van der Waals surface area contributed by atoms with Crippen LogP contribution < -0.4 is 5.32 Å². The number of thioether (sulfide) groups is 1. The van der Waals surface area contributed by atoms with Crippen LogP contribution in [-0.4, -0.2) is 26.6 Å². The molecule has 0 aliphatic carbocycles. The lowest BCUT2D eigenvalue weighted by Gasteiger charge is -2.04. The summed E-state index contributed by atoms with van der Waals surface area (Å²) in [7, 11) is 0. The lowest BCUT2D eigenvalue weighted by molar-refractivity contribution is -0.118. The second-order valence-corrected chi connectivity index (χ2v) is 7.91. The Bertz CT molecular complexity index is 1100. The molecular formula is C20H15FN4OS2. The Morgan fingerprint density at radius 1 is 1.11 bits per heavy atom. The highest BCUT2D eigenvalue weighted by Crippen LogP contribution is 2.36. The van der Waals surface area contributed by atoms with Gasteiger partial charge in [-0.3, -0.25) is 9.78 Å². The number of carbonyl (C=O) groups excluding carboxylic acids is 1. The molecule has 0 atom stereocenters. The summed E-state index contributed by atoms with van der Waals surface area (Å²) in [4.78, 5) is 26.0. The molecule has 0 bridgehead atoms. The normalized spacial score (nSPS) is 10.9. The van der Waals surface area contributed by atoms with Crippen molar-refractivity contribution < 1.29 is 9.18 Å². The summed E-state index contributed by atoms with van der Waals surface area (Å²) < 4.78 is 14.1. The Kier molecular flexibility index (Phi) is 5.59. The number of nitrogens with one attached hydrogen (secondary N) is 1. The van der Waals surface area contributed by atoms with Gasteiger partial charge in [0.05, 0.1) is 28.2 Å². The minimum atomic E-state index is -0.266. The van der Waals surface area contributed by atoms with Crippen LogP contribution in [0.5, 0.6) is 0 Å². The lowest BCUT2D eigenvalue weighted by atomic mass is 10.2. The highest BCUT2D eigenvalue weighted by molar-refractivity contribution is 8.00. The Morgan fingerprint density at radius 2 is 1.96 bits per heavy atom. The van der Waals surface area contributed by atoms with Gasteiger partial charge < -0.3 is 5.32 Å². The summed E-state index contributed by atoms with van der Waals surface area (Å²) in [5, 5.41) is 3.62. The van der Waals surface area contributed by atoms with Gasteiger partial charge in [-0.15, -0.1) is 11.3 Å². The average molecular weight is 410 g/mol. The Morgan fingerprint density at radius 3 is 2.75 bits per heavy atom. The summed E-state index contributed by atoms with van der Waals surface area (Å²) in [5.41, 5.74) is 2.55. The van der Waals surface area contributed by atoms with Crippen LogP contribution in [0.2, 0.25) is 0 Å². The maximum Gasteiger partial charge on any atom is 0.230 e. The molecule has 1 amide bonds. The molecular weight excluding hydrogens is 395 g/mol. The van der Waals surface area contributed by atoms with Crippen molar-refractivity contribution in [2.75, 3.05) is 5.75 Å². The average Bonchev–Trinajstić information content (AvgIpc) is 3.17. The molecule has 3 heterocycles. The van der Waals surface area contributed by atoms with Gasteiger partial charge in [-0.25, -0.2) is 14.4 Å². The number of amides is 1. The van der Waals surface area contributed by atoms with Gasteiger partial charge in [-0.05, 0) is 35.9 Å². The van der Waals surface area contributed by atoms with E-state index in [2.05, 4.69) is 20.3 Å². The molecule has 28 heavy (non-hydrogen) atoms. The number of nitrogens with zero attached hydrogens (tertiary/aromatic N) is 3. The molecule has 0 fully saturated rings. The van der Waals surface area contributed by atoms with Gasteiger partial charge in [0.15, 0.2) is 0 Å². The number of halogens is 1. The van der Waals surface area contributed by atoms with E-state index < -0.39 is 0 Å². The third-order valence-corrected chi connectivity index (χ3v) is 6.24. The van der Waals surface area contributed by atoms with Crippen LogP contribution in [0.25, 0.3) is 20.7 Å². The summed E-state index contributed by atoms with van der Waals surface area (Å²) in [6.07, 6.45) is 3.20. The molecule has 8 heteroatoms. The van der Waals surface area contributed by atoms with Gasteiger partial charge in [-0.2, -0.15) is 0 Å². The molecule has 0 unspecified atom stereocenters. The number of aromatic nitrogens is 3. The SMILES string of the molecule is O=C(CSc1ncnc2cc(-c3ccc(F)cc3)sc12)NCc1ccccn1. The number of fused-ring (bicyclic) bond motifs is 1. The van der Waals surface area contributed by atoms with Crippen LogP contribution in [0.4, 0.5) is 4.39 Å². The summed E-state index contributed by atoms with van der Waals surface area (Å²) in [6, 6.07) is 13.9. The predicted molar refractivity (Wildman–Crippen MR) is 110 cm³/mol. The van der Waals surface area contributed by atoms with E-state index in [9.17, 15) is 9.18 Å². The largest absolute Gasteiger partial charge is 0.350 e. The van der Waals surface area contributed by atoms with Gasteiger partial charge in [-0.1, -0.05) is 30.0 Å². The van der Waals surface area contributed by atoms with Crippen molar-refractivity contribution in [3.05, 3.63) is 72.6 Å².